The standard InChI is InChI=1S/C17H24N2O2/c1-13(14-8-6-5-7-9-14)20-12-16-10-15(19-21-16)11-18-17(2,3)4/h5-10,13,18H,11-12H2,1-4H3. The van der Waals surface area contributed by atoms with Crippen molar-refractivity contribution < 1.29 is 9.26 Å². The second-order valence-corrected chi connectivity index (χ2v) is 6.25. The molecule has 0 aliphatic heterocycles. The number of hydrogen-bond donors (Lipinski definition) is 1. The van der Waals surface area contributed by atoms with Gasteiger partial charge in [-0.1, -0.05) is 35.5 Å². The first kappa shape index (κ1) is 15.7. The van der Waals surface area contributed by atoms with Crippen LogP contribution in [0.5, 0.6) is 0 Å². The van der Waals surface area contributed by atoms with Crippen LogP contribution in [0, 0.1) is 0 Å². The summed E-state index contributed by atoms with van der Waals surface area (Å²) >= 11 is 0. The van der Waals surface area contributed by atoms with Crippen LogP contribution in [0.15, 0.2) is 40.9 Å². The van der Waals surface area contributed by atoms with Crippen molar-refractivity contribution in [2.75, 3.05) is 0 Å². The van der Waals surface area contributed by atoms with E-state index in [9.17, 15) is 0 Å². The van der Waals surface area contributed by atoms with Crippen molar-refractivity contribution in [3.8, 4) is 0 Å². The van der Waals surface area contributed by atoms with E-state index in [0.29, 0.717) is 13.2 Å². The highest BCUT2D eigenvalue weighted by Crippen LogP contribution is 2.18. The molecule has 4 heteroatoms. The smallest absolute Gasteiger partial charge is 0.162 e. The van der Waals surface area contributed by atoms with E-state index in [0.717, 1.165) is 17.0 Å². The zero-order valence-corrected chi connectivity index (χ0v) is 13.2. The second kappa shape index (κ2) is 6.87. The zero-order chi connectivity index (χ0) is 15.3. The predicted octanol–water partition coefficient (Wildman–Crippen LogP) is 3.84. The first-order chi connectivity index (χ1) is 9.94. The quantitative estimate of drug-likeness (QED) is 0.877. The molecule has 0 aliphatic carbocycles. The fourth-order valence-corrected chi connectivity index (χ4v) is 1.89. The molecule has 1 unspecified atom stereocenters. The summed E-state index contributed by atoms with van der Waals surface area (Å²) in [6.45, 7) is 9.53. The summed E-state index contributed by atoms with van der Waals surface area (Å²) in [7, 11) is 0. The van der Waals surface area contributed by atoms with Crippen LogP contribution in [0.3, 0.4) is 0 Å². The van der Waals surface area contributed by atoms with E-state index < -0.39 is 0 Å². The summed E-state index contributed by atoms with van der Waals surface area (Å²) in [5.74, 6) is 0.753. The molecule has 0 radical (unpaired) electrons. The molecular formula is C17H24N2O2. The number of nitrogens with one attached hydrogen (secondary N) is 1. The lowest BCUT2D eigenvalue weighted by molar-refractivity contribution is 0.0390. The van der Waals surface area contributed by atoms with Crippen molar-refractivity contribution in [3.05, 3.63) is 53.4 Å². The third-order valence-corrected chi connectivity index (χ3v) is 3.15. The molecule has 0 bridgehead atoms. The van der Waals surface area contributed by atoms with E-state index in [1.54, 1.807) is 0 Å². The summed E-state index contributed by atoms with van der Waals surface area (Å²) in [6.07, 6.45) is 0.0347. The highest BCUT2D eigenvalue weighted by atomic mass is 16.5. The Balaban J connectivity index is 1.83. The Labute approximate surface area is 126 Å². The van der Waals surface area contributed by atoms with Gasteiger partial charge in [0.15, 0.2) is 5.76 Å². The molecule has 1 atom stereocenters. The number of hydrogen-bond acceptors (Lipinski definition) is 4. The molecule has 1 aromatic carbocycles. The van der Waals surface area contributed by atoms with Crippen LogP contribution in [0.25, 0.3) is 0 Å². The molecule has 1 N–H and O–H groups in total. The van der Waals surface area contributed by atoms with Crippen LogP contribution in [0.1, 0.15) is 50.8 Å². The van der Waals surface area contributed by atoms with Crippen LogP contribution >= 0.6 is 0 Å². The maximum absolute atomic E-state index is 5.82. The lowest BCUT2D eigenvalue weighted by Crippen LogP contribution is -2.35. The molecule has 1 heterocycles. The number of nitrogens with zero attached hydrogens (tertiary/aromatic N) is 1. The third kappa shape index (κ3) is 5.33. The van der Waals surface area contributed by atoms with E-state index >= 15 is 0 Å². The fourth-order valence-electron chi connectivity index (χ4n) is 1.89. The van der Waals surface area contributed by atoms with Crippen molar-refractivity contribution in [2.45, 2.75) is 52.5 Å². The molecule has 0 amide bonds. The third-order valence-electron chi connectivity index (χ3n) is 3.15. The van der Waals surface area contributed by atoms with Crippen molar-refractivity contribution in [1.82, 2.24) is 10.5 Å². The zero-order valence-electron chi connectivity index (χ0n) is 13.2. The SMILES string of the molecule is CC(OCc1cc(CNC(C)(C)C)no1)c1ccccc1. The van der Waals surface area contributed by atoms with Crippen LogP contribution in [0.4, 0.5) is 0 Å². The Bertz CT molecular complexity index is 543. The Morgan fingerprint density at radius 1 is 1.24 bits per heavy atom. The minimum absolute atomic E-state index is 0.0347. The van der Waals surface area contributed by atoms with Crippen molar-refractivity contribution in [3.63, 3.8) is 0 Å². The Morgan fingerprint density at radius 2 is 1.95 bits per heavy atom. The number of ether oxygens (including phenoxy) is 1. The number of aromatic nitrogens is 1. The maximum atomic E-state index is 5.82. The van der Waals surface area contributed by atoms with Gasteiger partial charge in [0.25, 0.3) is 0 Å². The van der Waals surface area contributed by atoms with Crippen LogP contribution < -0.4 is 5.32 Å². The highest BCUT2D eigenvalue weighted by molar-refractivity contribution is 5.17. The molecule has 0 saturated carbocycles. The van der Waals surface area contributed by atoms with Crippen LogP contribution in [-0.4, -0.2) is 10.7 Å². The maximum Gasteiger partial charge on any atom is 0.162 e. The summed E-state index contributed by atoms with van der Waals surface area (Å²) in [5, 5.41) is 7.43. The molecule has 2 rings (SSSR count). The van der Waals surface area contributed by atoms with Gasteiger partial charge in [0.05, 0.1) is 11.8 Å². The normalized spacial score (nSPS) is 13.3. The lowest BCUT2D eigenvalue weighted by atomic mass is 10.1. The monoisotopic (exact) mass is 288 g/mol. The fraction of sp³-hybridized carbons (Fsp3) is 0.471. The molecule has 0 spiro atoms. The molecule has 4 nitrogen and oxygen atoms in total. The van der Waals surface area contributed by atoms with Crippen molar-refractivity contribution >= 4 is 0 Å². The molecule has 21 heavy (non-hydrogen) atoms. The largest absolute Gasteiger partial charge is 0.366 e. The molecule has 114 valence electrons. The molecule has 0 saturated heterocycles. The first-order valence-corrected chi connectivity index (χ1v) is 7.30. The molecule has 0 fully saturated rings. The average molecular weight is 288 g/mol. The van der Waals surface area contributed by atoms with E-state index in [-0.39, 0.29) is 11.6 Å². The summed E-state index contributed by atoms with van der Waals surface area (Å²) in [6, 6.07) is 12.1. The predicted molar refractivity (Wildman–Crippen MR) is 82.7 cm³/mol. The highest BCUT2D eigenvalue weighted by Gasteiger charge is 2.12. The van der Waals surface area contributed by atoms with Gasteiger partial charge >= 0.3 is 0 Å². The van der Waals surface area contributed by atoms with Gasteiger partial charge in [0.2, 0.25) is 0 Å². The van der Waals surface area contributed by atoms with E-state index in [2.05, 4.69) is 43.4 Å². The van der Waals surface area contributed by atoms with Crippen molar-refractivity contribution in [2.24, 2.45) is 0 Å². The summed E-state index contributed by atoms with van der Waals surface area (Å²) < 4.78 is 11.1. The van der Waals surface area contributed by atoms with Gasteiger partial charge < -0.3 is 14.6 Å². The van der Waals surface area contributed by atoms with Gasteiger partial charge in [0, 0.05) is 18.2 Å². The minimum Gasteiger partial charge on any atom is -0.366 e. The van der Waals surface area contributed by atoms with Crippen LogP contribution in [0.2, 0.25) is 0 Å². The van der Waals surface area contributed by atoms with Gasteiger partial charge in [-0.3, -0.25) is 0 Å². The molecule has 2 aromatic rings. The Hall–Kier alpha value is -1.65. The Morgan fingerprint density at radius 3 is 2.62 bits per heavy atom. The molecular weight excluding hydrogens is 264 g/mol. The van der Waals surface area contributed by atoms with E-state index in [1.165, 1.54) is 0 Å². The average Bonchev–Trinajstić information content (AvgIpc) is 2.91. The molecule has 0 aliphatic rings. The van der Waals surface area contributed by atoms with Gasteiger partial charge in [-0.05, 0) is 33.3 Å². The first-order valence-electron chi connectivity index (χ1n) is 7.30. The van der Waals surface area contributed by atoms with E-state index in [4.69, 9.17) is 9.26 Å². The summed E-state index contributed by atoms with van der Waals surface area (Å²) in [4.78, 5) is 0. The molecule has 1 aromatic heterocycles. The Kier molecular flexibility index (Phi) is 5.15. The van der Waals surface area contributed by atoms with Gasteiger partial charge in [0.1, 0.15) is 6.61 Å². The van der Waals surface area contributed by atoms with Gasteiger partial charge in [-0.15, -0.1) is 0 Å². The van der Waals surface area contributed by atoms with Crippen LogP contribution in [-0.2, 0) is 17.9 Å². The summed E-state index contributed by atoms with van der Waals surface area (Å²) in [5.41, 5.74) is 2.12. The second-order valence-electron chi connectivity index (χ2n) is 6.25. The minimum atomic E-state index is 0.0347. The van der Waals surface area contributed by atoms with Gasteiger partial charge in [-0.25, -0.2) is 0 Å². The number of rotatable bonds is 6. The van der Waals surface area contributed by atoms with E-state index in [1.807, 2.05) is 31.2 Å². The lowest BCUT2D eigenvalue weighted by Gasteiger charge is -2.19. The van der Waals surface area contributed by atoms with Crippen molar-refractivity contribution in [1.29, 1.82) is 0 Å². The van der Waals surface area contributed by atoms with Gasteiger partial charge in [-0.2, -0.15) is 0 Å². The topological polar surface area (TPSA) is 47.3 Å². The number of benzene rings is 1.